The first kappa shape index (κ1) is 19.8. The molecule has 0 aliphatic rings. The third-order valence-corrected chi connectivity index (χ3v) is 4.81. The summed E-state index contributed by atoms with van der Waals surface area (Å²) in [6.07, 6.45) is 0.725. The first-order valence-corrected chi connectivity index (χ1v) is 9.01. The fourth-order valence-corrected chi connectivity index (χ4v) is 2.88. The van der Waals surface area contributed by atoms with Gasteiger partial charge in [-0.15, -0.1) is 10.2 Å². The molecule has 0 saturated heterocycles. The van der Waals surface area contributed by atoms with Gasteiger partial charge in [0, 0.05) is 19.7 Å². The Balaban J connectivity index is 2.11. The maximum atomic E-state index is 13.0. The van der Waals surface area contributed by atoms with Gasteiger partial charge in [-0.3, -0.25) is 10.1 Å². The zero-order valence-corrected chi connectivity index (χ0v) is 15.9. The highest BCUT2D eigenvalue weighted by atomic mass is 32.1. The fourth-order valence-electron chi connectivity index (χ4n) is 2.13. The fraction of sp³-hybridized carbons (Fsp3) is 0.412. The van der Waals surface area contributed by atoms with E-state index >= 15 is 0 Å². The quantitative estimate of drug-likeness (QED) is 0.808. The van der Waals surface area contributed by atoms with Gasteiger partial charge in [0.2, 0.25) is 11.0 Å². The van der Waals surface area contributed by atoms with E-state index in [2.05, 4.69) is 20.8 Å². The Labute approximate surface area is 155 Å². The van der Waals surface area contributed by atoms with Crippen LogP contribution in [0.1, 0.15) is 20.3 Å². The lowest BCUT2D eigenvalue weighted by molar-refractivity contribution is -0.119. The Hall–Kier alpha value is -2.55. The lowest BCUT2D eigenvalue weighted by Gasteiger charge is -2.24. The molecule has 140 valence electrons. The van der Waals surface area contributed by atoms with Crippen molar-refractivity contribution in [1.29, 1.82) is 0 Å². The number of urea groups is 1. The van der Waals surface area contributed by atoms with Crippen LogP contribution in [0.4, 0.5) is 14.3 Å². The van der Waals surface area contributed by atoms with Gasteiger partial charge in [-0.2, -0.15) is 0 Å². The Morgan fingerprint density at radius 1 is 1.23 bits per heavy atom. The van der Waals surface area contributed by atoms with Crippen LogP contribution in [-0.4, -0.2) is 47.2 Å². The predicted molar refractivity (Wildman–Crippen MR) is 99.4 cm³/mol. The number of amides is 3. The molecule has 26 heavy (non-hydrogen) atoms. The molecule has 2 atom stereocenters. The summed E-state index contributed by atoms with van der Waals surface area (Å²) in [5.41, 5.74) is 0.712. The van der Waals surface area contributed by atoms with Crippen molar-refractivity contribution in [2.75, 3.05) is 19.4 Å². The number of anilines is 1. The van der Waals surface area contributed by atoms with Crippen LogP contribution in [0.2, 0.25) is 0 Å². The molecule has 2 rings (SSSR count). The van der Waals surface area contributed by atoms with E-state index in [1.54, 1.807) is 26.2 Å². The molecule has 3 amide bonds. The molecule has 9 heteroatoms. The van der Waals surface area contributed by atoms with E-state index in [4.69, 9.17) is 0 Å². The Morgan fingerprint density at radius 3 is 2.46 bits per heavy atom. The summed E-state index contributed by atoms with van der Waals surface area (Å²) in [7, 11) is 3.22. The summed E-state index contributed by atoms with van der Waals surface area (Å²) in [4.78, 5) is 25.9. The molecule has 0 fully saturated rings. The molecular formula is C17H22FN5O2S. The smallest absolute Gasteiger partial charge is 0.317 e. The van der Waals surface area contributed by atoms with Gasteiger partial charge in [-0.25, -0.2) is 9.18 Å². The molecule has 7 nitrogen and oxygen atoms in total. The minimum atomic E-state index is -0.687. The molecule has 2 N–H and O–H groups in total. The van der Waals surface area contributed by atoms with Gasteiger partial charge in [0.25, 0.3) is 0 Å². The number of carbonyl (C=O) groups is 2. The van der Waals surface area contributed by atoms with E-state index < -0.39 is 6.04 Å². The van der Waals surface area contributed by atoms with Gasteiger partial charge >= 0.3 is 6.03 Å². The summed E-state index contributed by atoms with van der Waals surface area (Å²) in [6.45, 7) is 3.84. The molecular weight excluding hydrogens is 357 g/mol. The maximum absolute atomic E-state index is 13.0. The van der Waals surface area contributed by atoms with Gasteiger partial charge < -0.3 is 10.2 Å². The monoisotopic (exact) mass is 379 g/mol. The highest BCUT2D eigenvalue weighted by Crippen LogP contribution is 2.26. The van der Waals surface area contributed by atoms with E-state index in [0.29, 0.717) is 15.7 Å². The summed E-state index contributed by atoms with van der Waals surface area (Å²) >= 11 is 1.18. The Morgan fingerprint density at radius 2 is 1.88 bits per heavy atom. The minimum absolute atomic E-state index is 0.0524. The lowest BCUT2D eigenvalue weighted by Crippen LogP contribution is -2.50. The molecule has 0 aliphatic carbocycles. The van der Waals surface area contributed by atoms with Crippen LogP contribution < -0.4 is 10.6 Å². The second kappa shape index (κ2) is 8.70. The van der Waals surface area contributed by atoms with Gasteiger partial charge in [0.15, 0.2) is 0 Å². The molecule has 1 heterocycles. The average Bonchev–Trinajstić information content (AvgIpc) is 3.07. The van der Waals surface area contributed by atoms with Crippen molar-refractivity contribution in [1.82, 2.24) is 20.4 Å². The summed E-state index contributed by atoms with van der Waals surface area (Å²) in [6, 6.07) is 4.85. The van der Waals surface area contributed by atoms with Crippen LogP contribution in [0.25, 0.3) is 10.6 Å². The molecule has 0 saturated carbocycles. The van der Waals surface area contributed by atoms with Gasteiger partial charge in [-0.05, 0) is 30.2 Å². The first-order chi connectivity index (χ1) is 12.3. The van der Waals surface area contributed by atoms with Crippen molar-refractivity contribution in [3.05, 3.63) is 30.1 Å². The van der Waals surface area contributed by atoms with Crippen molar-refractivity contribution < 1.29 is 14.0 Å². The predicted octanol–water partition coefficient (Wildman–Crippen LogP) is 2.97. The van der Waals surface area contributed by atoms with Crippen LogP contribution in [-0.2, 0) is 4.79 Å². The normalized spacial score (nSPS) is 13.0. The largest absolute Gasteiger partial charge is 0.331 e. The SMILES string of the molecule is CCC(C)C(NC(=O)N(C)C)C(=O)Nc1nnc(-c2ccc(F)cc2)s1. The van der Waals surface area contributed by atoms with Crippen LogP contribution in [0.15, 0.2) is 24.3 Å². The number of hydrogen-bond acceptors (Lipinski definition) is 5. The molecule has 1 aromatic heterocycles. The second-order valence-corrected chi connectivity index (χ2v) is 7.09. The minimum Gasteiger partial charge on any atom is -0.331 e. The molecule has 2 unspecified atom stereocenters. The second-order valence-electron chi connectivity index (χ2n) is 6.12. The van der Waals surface area contributed by atoms with Gasteiger partial charge in [0.05, 0.1) is 0 Å². The zero-order chi connectivity index (χ0) is 19.3. The Bertz CT molecular complexity index is 763. The van der Waals surface area contributed by atoms with Crippen LogP contribution in [0, 0.1) is 11.7 Å². The van der Waals surface area contributed by atoms with Crippen molar-refractivity contribution in [3.63, 3.8) is 0 Å². The Kier molecular flexibility index (Phi) is 6.62. The van der Waals surface area contributed by atoms with Crippen LogP contribution in [0.3, 0.4) is 0 Å². The lowest BCUT2D eigenvalue weighted by atomic mass is 9.98. The maximum Gasteiger partial charge on any atom is 0.317 e. The van der Waals surface area contributed by atoms with E-state index in [0.717, 1.165) is 6.42 Å². The molecule has 0 aliphatic heterocycles. The van der Waals surface area contributed by atoms with Crippen molar-refractivity contribution >= 4 is 28.4 Å². The highest BCUT2D eigenvalue weighted by molar-refractivity contribution is 7.18. The number of benzene rings is 1. The first-order valence-electron chi connectivity index (χ1n) is 8.20. The summed E-state index contributed by atoms with van der Waals surface area (Å²) < 4.78 is 13.0. The molecule has 2 aromatic rings. The number of halogens is 1. The van der Waals surface area contributed by atoms with E-state index in [9.17, 15) is 14.0 Å². The number of nitrogens with zero attached hydrogens (tertiary/aromatic N) is 3. The number of carbonyl (C=O) groups excluding carboxylic acids is 2. The highest BCUT2D eigenvalue weighted by Gasteiger charge is 2.27. The number of rotatable bonds is 6. The van der Waals surface area contributed by atoms with E-state index in [1.165, 1.54) is 28.4 Å². The van der Waals surface area contributed by atoms with E-state index in [1.807, 2.05) is 13.8 Å². The third-order valence-electron chi connectivity index (χ3n) is 3.93. The van der Waals surface area contributed by atoms with Crippen LogP contribution >= 0.6 is 11.3 Å². The molecule has 1 aromatic carbocycles. The zero-order valence-electron chi connectivity index (χ0n) is 15.1. The standard InChI is InChI=1S/C17H22FN5O2S/c1-5-10(2)13(19-17(25)23(3)4)14(24)20-16-22-21-15(26-16)11-6-8-12(18)9-7-11/h6-10,13H,5H2,1-4H3,(H,19,25)(H,20,22,24). The van der Waals surface area contributed by atoms with Gasteiger partial charge in [-0.1, -0.05) is 31.6 Å². The van der Waals surface area contributed by atoms with Crippen molar-refractivity contribution in [3.8, 4) is 10.6 Å². The number of nitrogens with one attached hydrogen (secondary N) is 2. The number of hydrogen-bond donors (Lipinski definition) is 2. The molecule has 0 radical (unpaired) electrons. The van der Waals surface area contributed by atoms with Crippen molar-refractivity contribution in [2.24, 2.45) is 5.92 Å². The summed E-state index contributed by atoms with van der Waals surface area (Å²) in [5, 5.41) is 14.3. The third kappa shape index (κ3) is 4.98. The topological polar surface area (TPSA) is 87.2 Å². The molecule has 0 spiro atoms. The van der Waals surface area contributed by atoms with E-state index in [-0.39, 0.29) is 23.7 Å². The van der Waals surface area contributed by atoms with Crippen LogP contribution in [0.5, 0.6) is 0 Å². The summed E-state index contributed by atoms with van der Waals surface area (Å²) in [5.74, 6) is -0.737. The van der Waals surface area contributed by atoms with Gasteiger partial charge in [0.1, 0.15) is 16.9 Å². The average molecular weight is 379 g/mol. The number of aromatic nitrogens is 2. The molecule has 0 bridgehead atoms. The van der Waals surface area contributed by atoms with Crippen molar-refractivity contribution in [2.45, 2.75) is 26.3 Å².